The van der Waals surface area contributed by atoms with Crippen molar-refractivity contribution in [3.63, 3.8) is 0 Å². The van der Waals surface area contributed by atoms with Crippen LogP contribution >= 0.6 is 34.8 Å². The van der Waals surface area contributed by atoms with Gasteiger partial charge in [-0.3, -0.25) is 0 Å². The average Bonchev–Trinajstić information content (AvgIpc) is 2.43. The Hall–Kier alpha value is -0.690. The van der Waals surface area contributed by atoms with Crippen LogP contribution in [-0.2, 0) is 0 Å². The molecule has 0 amide bonds. The highest BCUT2D eigenvalue weighted by molar-refractivity contribution is 6.36. The van der Waals surface area contributed by atoms with Gasteiger partial charge in [0.15, 0.2) is 0 Å². The van der Waals surface area contributed by atoms with E-state index in [0.29, 0.717) is 10.0 Å². The number of alkyl halides is 1. The molecule has 2 aromatic carbocycles. The first kappa shape index (κ1) is 16.7. The van der Waals surface area contributed by atoms with Crippen molar-refractivity contribution in [2.24, 2.45) is 0 Å². The number of halogens is 3. The van der Waals surface area contributed by atoms with Crippen molar-refractivity contribution in [3.05, 3.63) is 67.2 Å². The standard InChI is InChI=1S/C18H19Cl3/c1-9-10(2)12(4)17(13(5)11(9)3)18(21)15-7-6-14(19)8-16(15)20/h6-8,18H,1-5H3. The van der Waals surface area contributed by atoms with Crippen molar-refractivity contribution in [2.45, 2.75) is 40.0 Å². The summed E-state index contributed by atoms with van der Waals surface area (Å²) in [5.41, 5.74) is 8.45. The van der Waals surface area contributed by atoms with Gasteiger partial charge in [-0.15, -0.1) is 11.6 Å². The molecule has 1 atom stereocenters. The van der Waals surface area contributed by atoms with Gasteiger partial charge in [0.2, 0.25) is 0 Å². The Balaban J connectivity index is 2.66. The van der Waals surface area contributed by atoms with Crippen molar-refractivity contribution >= 4 is 34.8 Å². The van der Waals surface area contributed by atoms with Gasteiger partial charge in [0, 0.05) is 10.0 Å². The molecule has 112 valence electrons. The second-order valence-corrected chi connectivity index (χ2v) is 6.85. The first-order valence-electron chi connectivity index (χ1n) is 6.91. The molecular weight excluding hydrogens is 323 g/mol. The first-order valence-corrected chi connectivity index (χ1v) is 8.10. The van der Waals surface area contributed by atoms with Crippen LogP contribution < -0.4 is 0 Å². The Bertz CT molecular complexity index is 673. The molecule has 0 bridgehead atoms. The van der Waals surface area contributed by atoms with Crippen molar-refractivity contribution in [2.75, 3.05) is 0 Å². The van der Waals surface area contributed by atoms with Crippen LogP contribution in [0, 0.1) is 34.6 Å². The summed E-state index contributed by atoms with van der Waals surface area (Å²) in [6, 6.07) is 5.48. The van der Waals surface area contributed by atoms with E-state index in [1.165, 1.54) is 27.8 Å². The Morgan fingerprint density at radius 2 is 1.24 bits per heavy atom. The molecule has 3 heteroatoms. The van der Waals surface area contributed by atoms with Crippen molar-refractivity contribution < 1.29 is 0 Å². The topological polar surface area (TPSA) is 0 Å². The minimum absolute atomic E-state index is 0.271. The lowest BCUT2D eigenvalue weighted by molar-refractivity contribution is 1.04. The minimum Gasteiger partial charge on any atom is -0.113 e. The maximum Gasteiger partial charge on any atom is 0.0855 e. The molecule has 0 radical (unpaired) electrons. The molecule has 21 heavy (non-hydrogen) atoms. The maximum absolute atomic E-state index is 6.77. The first-order chi connectivity index (χ1) is 9.75. The predicted octanol–water partition coefficient (Wildman–Crippen LogP) is 6.86. The smallest absolute Gasteiger partial charge is 0.0855 e. The average molecular weight is 342 g/mol. The van der Waals surface area contributed by atoms with Crippen LogP contribution in [0.3, 0.4) is 0 Å². The molecule has 0 N–H and O–H groups in total. The van der Waals surface area contributed by atoms with E-state index >= 15 is 0 Å². The number of benzene rings is 2. The molecule has 0 saturated heterocycles. The molecule has 0 spiro atoms. The molecule has 1 unspecified atom stereocenters. The van der Waals surface area contributed by atoms with E-state index in [1.54, 1.807) is 6.07 Å². The van der Waals surface area contributed by atoms with Crippen molar-refractivity contribution in [1.82, 2.24) is 0 Å². The molecule has 0 fully saturated rings. The highest BCUT2D eigenvalue weighted by Gasteiger charge is 2.21. The van der Waals surface area contributed by atoms with Crippen LogP contribution in [0.15, 0.2) is 18.2 Å². The summed E-state index contributed by atoms with van der Waals surface area (Å²) in [5.74, 6) is 0. The summed E-state index contributed by atoms with van der Waals surface area (Å²) in [5, 5.41) is 0.960. The van der Waals surface area contributed by atoms with Gasteiger partial charge in [-0.1, -0.05) is 29.3 Å². The predicted molar refractivity (Wildman–Crippen MR) is 94.3 cm³/mol. The number of rotatable bonds is 2. The SMILES string of the molecule is Cc1c(C)c(C)c(C(Cl)c2ccc(Cl)cc2Cl)c(C)c1C. The van der Waals surface area contributed by atoms with Crippen molar-refractivity contribution in [3.8, 4) is 0 Å². The second kappa shape index (κ2) is 6.20. The second-order valence-electron chi connectivity index (χ2n) is 5.57. The molecule has 2 aromatic rings. The molecule has 0 heterocycles. The van der Waals surface area contributed by atoms with E-state index in [1.807, 2.05) is 12.1 Å². The van der Waals surface area contributed by atoms with Crippen LogP contribution in [0.4, 0.5) is 0 Å². The van der Waals surface area contributed by atoms with E-state index in [-0.39, 0.29) is 5.38 Å². The van der Waals surface area contributed by atoms with Gasteiger partial charge in [-0.2, -0.15) is 0 Å². The summed E-state index contributed by atoms with van der Waals surface area (Å²) in [6.45, 7) is 10.7. The zero-order valence-electron chi connectivity index (χ0n) is 12.9. The fourth-order valence-electron chi connectivity index (χ4n) is 2.77. The minimum atomic E-state index is -0.271. The zero-order chi connectivity index (χ0) is 15.9. The maximum atomic E-state index is 6.77. The van der Waals surface area contributed by atoms with Gasteiger partial charge in [0.1, 0.15) is 0 Å². The van der Waals surface area contributed by atoms with Crippen LogP contribution in [-0.4, -0.2) is 0 Å². The van der Waals surface area contributed by atoms with Crippen LogP contribution in [0.25, 0.3) is 0 Å². The Morgan fingerprint density at radius 3 is 1.71 bits per heavy atom. The Labute approximate surface area is 142 Å². The molecule has 0 aliphatic rings. The quantitative estimate of drug-likeness (QED) is 0.523. The van der Waals surface area contributed by atoms with Gasteiger partial charge in [0.25, 0.3) is 0 Å². The summed E-state index contributed by atoms with van der Waals surface area (Å²) in [4.78, 5) is 0. The molecule has 2 rings (SSSR count). The normalized spacial score (nSPS) is 12.6. The lowest BCUT2D eigenvalue weighted by Gasteiger charge is -2.23. The number of hydrogen-bond acceptors (Lipinski definition) is 0. The lowest BCUT2D eigenvalue weighted by atomic mass is 9.86. The zero-order valence-corrected chi connectivity index (χ0v) is 15.2. The highest BCUT2D eigenvalue weighted by atomic mass is 35.5. The summed E-state index contributed by atoms with van der Waals surface area (Å²) in [6.07, 6.45) is 0. The largest absolute Gasteiger partial charge is 0.113 e. The van der Waals surface area contributed by atoms with E-state index in [0.717, 1.165) is 11.1 Å². The molecule has 0 aliphatic heterocycles. The number of hydrogen-bond donors (Lipinski definition) is 0. The molecule has 0 nitrogen and oxygen atoms in total. The fourth-order valence-corrected chi connectivity index (χ4v) is 3.86. The van der Waals surface area contributed by atoms with E-state index < -0.39 is 0 Å². The van der Waals surface area contributed by atoms with Crippen LogP contribution in [0.2, 0.25) is 10.0 Å². The van der Waals surface area contributed by atoms with Gasteiger partial charge in [0.05, 0.1) is 5.38 Å². The van der Waals surface area contributed by atoms with Crippen molar-refractivity contribution in [1.29, 1.82) is 0 Å². The molecular formula is C18H19Cl3. The Morgan fingerprint density at radius 1 is 0.762 bits per heavy atom. The third-order valence-corrected chi connectivity index (χ3v) is 5.56. The van der Waals surface area contributed by atoms with Crippen LogP contribution in [0.5, 0.6) is 0 Å². The van der Waals surface area contributed by atoms with E-state index in [2.05, 4.69) is 34.6 Å². The van der Waals surface area contributed by atoms with E-state index in [9.17, 15) is 0 Å². The highest BCUT2D eigenvalue weighted by Crippen LogP contribution is 2.40. The molecule has 0 saturated carbocycles. The fraction of sp³-hybridized carbons (Fsp3) is 0.333. The van der Waals surface area contributed by atoms with Crippen LogP contribution in [0.1, 0.15) is 44.3 Å². The summed E-state index contributed by atoms with van der Waals surface area (Å²) < 4.78 is 0. The third kappa shape index (κ3) is 2.95. The molecule has 0 aliphatic carbocycles. The third-order valence-electron chi connectivity index (χ3n) is 4.55. The summed E-state index contributed by atoms with van der Waals surface area (Å²) >= 11 is 19.1. The monoisotopic (exact) mass is 340 g/mol. The van der Waals surface area contributed by atoms with Gasteiger partial charge in [-0.25, -0.2) is 0 Å². The van der Waals surface area contributed by atoms with E-state index in [4.69, 9.17) is 34.8 Å². The van der Waals surface area contributed by atoms with Gasteiger partial charge in [-0.05, 0) is 85.7 Å². The molecule has 0 aromatic heterocycles. The van der Waals surface area contributed by atoms with Gasteiger partial charge >= 0.3 is 0 Å². The lowest BCUT2D eigenvalue weighted by Crippen LogP contribution is -2.06. The Kier molecular flexibility index (Phi) is 4.92. The summed E-state index contributed by atoms with van der Waals surface area (Å²) in [7, 11) is 0. The van der Waals surface area contributed by atoms with Gasteiger partial charge < -0.3 is 0 Å².